The van der Waals surface area contributed by atoms with Crippen LogP contribution in [0.15, 0.2) is 0 Å². The van der Waals surface area contributed by atoms with Crippen molar-refractivity contribution < 1.29 is 4.74 Å². The number of nitrogens with one attached hydrogen (secondary N) is 1. The van der Waals surface area contributed by atoms with Gasteiger partial charge < -0.3 is 4.74 Å². The van der Waals surface area contributed by atoms with E-state index in [1.165, 1.54) is 0 Å². The maximum absolute atomic E-state index is 5.95. The Balaban J connectivity index is 2.00. The van der Waals surface area contributed by atoms with Gasteiger partial charge in [0.15, 0.2) is 0 Å². The lowest BCUT2D eigenvalue weighted by Crippen LogP contribution is -2.67. The highest BCUT2D eigenvalue weighted by atomic mass is 16.5. The summed E-state index contributed by atoms with van der Waals surface area (Å²) in [5.74, 6) is 0. The highest BCUT2D eigenvalue weighted by Crippen LogP contribution is 2.50. The lowest BCUT2D eigenvalue weighted by atomic mass is 9.64. The van der Waals surface area contributed by atoms with E-state index >= 15 is 0 Å². The van der Waals surface area contributed by atoms with Crippen LogP contribution in [0.5, 0.6) is 0 Å². The summed E-state index contributed by atoms with van der Waals surface area (Å²) in [5.41, 5.74) is 0.822. The molecule has 1 heterocycles. The summed E-state index contributed by atoms with van der Waals surface area (Å²) in [6.07, 6.45) is 3.46. The molecule has 2 heteroatoms. The zero-order valence-electron chi connectivity index (χ0n) is 10.8. The fourth-order valence-electron chi connectivity index (χ4n) is 3.15. The first-order valence-electron chi connectivity index (χ1n) is 6.14. The van der Waals surface area contributed by atoms with Gasteiger partial charge in [-0.15, -0.1) is 0 Å². The first-order chi connectivity index (χ1) is 6.73. The van der Waals surface area contributed by atoms with Crippen molar-refractivity contribution in [1.82, 2.24) is 5.32 Å². The second-order valence-corrected chi connectivity index (χ2v) is 7.21. The summed E-state index contributed by atoms with van der Waals surface area (Å²) in [6.45, 7) is 12.5. The van der Waals surface area contributed by atoms with Crippen LogP contribution in [0.4, 0.5) is 0 Å². The molecule has 1 aliphatic heterocycles. The molecule has 1 spiro atoms. The van der Waals surface area contributed by atoms with Crippen molar-refractivity contribution in [1.29, 1.82) is 0 Å². The molecule has 2 nitrogen and oxygen atoms in total. The maximum atomic E-state index is 5.95. The summed E-state index contributed by atoms with van der Waals surface area (Å²) in [5, 5.41) is 3.74. The summed E-state index contributed by atoms with van der Waals surface area (Å²) >= 11 is 0. The molecule has 1 saturated carbocycles. The Morgan fingerprint density at radius 3 is 2.27 bits per heavy atom. The zero-order valence-corrected chi connectivity index (χ0v) is 10.8. The van der Waals surface area contributed by atoms with Crippen LogP contribution in [0.2, 0.25) is 0 Å². The van der Waals surface area contributed by atoms with Crippen LogP contribution in [-0.2, 0) is 4.74 Å². The molecule has 1 atom stereocenters. The molecule has 0 aromatic rings. The van der Waals surface area contributed by atoms with Gasteiger partial charge in [0, 0.05) is 6.04 Å². The minimum absolute atomic E-state index is 0.0136. The summed E-state index contributed by atoms with van der Waals surface area (Å²) in [6, 6.07) is 0.599. The first-order valence-corrected chi connectivity index (χ1v) is 6.14. The highest BCUT2D eigenvalue weighted by molar-refractivity contribution is 5.03. The maximum Gasteiger partial charge on any atom is 0.120 e. The highest BCUT2D eigenvalue weighted by Gasteiger charge is 2.53. The number of ether oxygens (including phenoxy) is 1. The second kappa shape index (κ2) is 3.21. The van der Waals surface area contributed by atoms with E-state index < -0.39 is 0 Å². The van der Waals surface area contributed by atoms with Crippen molar-refractivity contribution in [3.63, 3.8) is 0 Å². The van der Waals surface area contributed by atoms with Gasteiger partial charge in [-0.25, -0.2) is 0 Å². The topological polar surface area (TPSA) is 21.3 Å². The molecule has 2 fully saturated rings. The molecule has 0 amide bonds. The molecular weight excluding hydrogens is 186 g/mol. The van der Waals surface area contributed by atoms with Crippen molar-refractivity contribution in [2.45, 2.75) is 65.6 Å². The molecule has 1 saturated heterocycles. The molecule has 0 bridgehead atoms. The van der Waals surface area contributed by atoms with E-state index in [9.17, 15) is 0 Å². The minimum Gasteiger partial charge on any atom is -0.361 e. The Hall–Kier alpha value is -0.0800. The van der Waals surface area contributed by atoms with Crippen LogP contribution in [-0.4, -0.2) is 18.4 Å². The van der Waals surface area contributed by atoms with Gasteiger partial charge in [0.2, 0.25) is 0 Å². The minimum atomic E-state index is 0.0136. The summed E-state index contributed by atoms with van der Waals surface area (Å²) in [4.78, 5) is 0. The largest absolute Gasteiger partial charge is 0.361 e. The van der Waals surface area contributed by atoms with Crippen LogP contribution < -0.4 is 5.32 Å². The van der Waals surface area contributed by atoms with E-state index in [2.05, 4.69) is 39.9 Å². The average Bonchev–Trinajstić information content (AvgIpc) is 1.98. The molecule has 1 aliphatic carbocycles. The third-order valence-electron chi connectivity index (χ3n) is 3.80. The standard InChI is InChI=1S/C13H25NO/c1-11(2,3)10-6-7-15-13(14-10)8-12(4,5)9-13/h10,14H,6-9H2,1-5H3. The third-order valence-corrected chi connectivity index (χ3v) is 3.80. The van der Waals surface area contributed by atoms with Crippen molar-refractivity contribution in [3.05, 3.63) is 0 Å². The fourth-order valence-corrected chi connectivity index (χ4v) is 3.15. The van der Waals surface area contributed by atoms with Crippen molar-refractivity contribution >= 4 is 0 Å². The second-order valence-electron chi connectivity index (χ2n) is 7.21. The lowest BCUT2D eigenvalue weighted by Gasteiger charge is -2.58. The smallest absolute Gasteiger partial charge is 0.120 e. The fraction of sp³-hybridized carbons (Fsp3) is 1.00. The van der Waals surface area contributed by atoms with E-state index in [0.29, 0.717) is 16.9 Å². The van der Waals surface area contributed by atoms with Crippen molar-refractivity contribution in [2.24, 2.45) is 10.8 Å². The molecule has 15 heavy (non-hydrogen) atoms. The summed E-state index contributed by atoms with van der Waals surface area (Å²) < 4.78 is 5.95. The number of hydrogen-bond donors (Lipinski definition) is 1. The molecule has 1 N–H and O–H groups in total. The normalized spacial score (nSPS) is 33.8. The van der Waals surface area contributed by atoms with Gasteiger partial charge in [-0.1, -0.05) is 34.6 Å². The summed E-state index contributed by atoms with van der Waals surface area (Å²) in [7, 11) is 0. The predicted octanol–water partition coefficient (Wildman–Crippen LogP) is 2.93. The number of rotatable bonds is 0. The van der Waals surface area contributed by atoms with Gasteiger partial charge in [-0.2, -0.15) is 0 Å². The Labute approximate surface area is 93.8 Å². The van der Waals surface area contributed by atoms with E-state index in [1.54, 1.807) is 0 Å². The molecule has 0 radical (unpaired) electrons. The van der Waals surface area contributed by atoms with Crippen LogP contribution in [0.25, 0.3) is 0 Å². The molecule has 1 unspecified atom stereocenters. The molecule has 0 aromatic carbocycles. The SMILES string of the molecule is CC1(C)CC2(C1)NC(C(C)(C)C)CCO2. The predicted molar refractivity (Wildman–Crippen MR) is 62.7 cm³/mol. The quantitative estimate of drug-likeness (QED) is 0.665. The van der Waals surface area contributed by atoms with E-state index in [4.69, 9.17) is 4.74 Å². The first kappa shape index (κ1) is 11.4. The monoisotopic (exact) mass is 211 g/mol. The number of hydrogen-bond acceptors (Lipinski definition) is 2. The van der Waals surface area contributed by atoms with Crippen LogP contribution in [0.1, 0.15) is 53.9 Å². The van der Waals surface area contributed by atoms with E-state index in [0.717, 1.165) is 25.9 Å². The Morgan fingerprint density at radius 2 is 1.80 bits per heavy atom. The Kier molecular flexibility index (Phi) is 2.44. The molecule has 88 valence electrons. The van der Waals surface area contributed by atoms with Gasteiger partial charge in [0.05, 0.1) is 6.61 Å². The van der Waals surface area contributed by atoms with Gasteiger partial charge in [0.1, 0.15) is 5.72 Å². The van der Waals surface area contributed by atoms with Gasteiger partial charge in [-0.05, 0) is 30.1 Å². The molecular formula is C13H25NO. The van der Waals surface area contributed by atoms with Crippen LogP contribution in [0, 0.1) is 10.8 Å². The average molecular weight is 211 g/mol. The Bertz CT molecular complexity index is 244. The zero-order chi connectivity index (χ0) is 11.3. The molecule has 2 rings (SSSR count). The van der Waals surface area contributed by atoms with E-state index in [1.807, 2.05) is 0 Å². The van der Waals surface area contributed by atoms with Crippen molar-refractivity contribution in [3.8, 4) is 0 Å². The van der Waals surface area contributed by atoms with Gasteiger partial charge in [-0.3, -0.25) is 5.32 Å². The lowest BCUT2D eigenvalue weighted by molar-refractivity contribution is -0.211. The van der Waals surface area contributed by atoms with Crippen LogP contribution >= 0.6 is 0 Å². The van der Waals surface area contributed by atoms with Crippen molar-refractivity contribution in [2.75, 3.05) is 6.61 Å². The third kappa shape index (κ3) is 2.21. The van der Waals surface area contributed by atoms with Gasteiger partial charge in [0.25, 0.3) is 0 Å². The Morgan fingerprint density at radius 1 is 1.20 bits per heavy atom. The van der Waals surface area contributed by atoms with Gasteiger partial charge >= 0.3 is 0 Å². The van der Waals surface area contributed by atoms with Crippen LogP contribution in [0.3, 0.4) is 0 Å². The molecule has 2 aliphatic rings. The van der Waals surface area contributed by atoms with E-state index in [-0.39, 0.29) is 5.72 Å². The molecule has 0 aromatic heterocycles.